The first-order valence-electron chi connectivity index (χ1n) is 11.5. The average molecular weight is 452 g/mol. The second-order valence-corrected chi connectivity index (χ2v) is 9.87. The molecule has 176 valence electrons. The zero-order valence-corrected chi connectivity index (χ0v) is 20.5. The van der Waals surface area contributed by atoms with E-state index in [1.54, 1.807) is 7.11 Å². The second-order valence-electron chi connectivity index (χ2n) is 8.73. The normalized spacial score (nSPS) is 22.6. The van der Waals surface area contributed by atoms with Crippen molar-refractivity contribution in [3.63, 3.8) is 0 Å². The van der Waals surface area contributed by atoms with Crippen molar-refractivity contribution in [1.29, 1.82) is 0 Å². The van der Waals surface area contributed by atoms with E-state index in [0.29, 0.717) is 35.9 Å². The Kier molecular flexibility index (Phi) is 11.3. The number of rotatable bonds is 13. The Morgan fingerprint density at radius 3 is 2.58 bits per heavy atom. The number of carbonyl (C=O) groups excluding carboxylic acids is 1. The van der Waals surface area contributed by atoms with Gasteiger partial charge in [0.2, 0.25) is 0 Å². The number of thioether (sulfide) groups is 1. The van der Waals surface area contributed by atoms with Crippen molar-refractivity contribution in [2.45, 2.75) is 64.2 Å². The monoisotopic (exact) mass is 451 g/mol. The van der Waals surface area contributed by atoms with Crippen LogP contribution in [0.15, 0.2) is 24.3 Å². The molecule has 0 aliphatic carbocycles. The summed E-state index contributed by atoms with van der Waals surface area (Å²) in [5, 5.41) is 20.4. The molecular formula is C24H41N3O3S. The predicted molar refractivity (Wildman–Crippen MR) is 129 cm³/mol. The van der Waals surface area contributed by atoms with Gasteiger partial charge in [-0.05, 0) is 62.4 Å². The molecule has 31 heavy (non-hydrogen) atoms. The minimum atomic E-state index is -0.427. The Balaban J connectivity index is 1.63. The largest absolute Gasteiger partial charge is 0.390 e. The van der Waals surface area contributed by atoms with E-state index in [9.17, 15) is 9.90 Å². The topological polar surface area (TPSA) is 82.6 Å². The minimum absolute atomic E-state index is 0.0227. The van der Waals surface area contributed by atoms with Crippen LogP contribution in [0.4, 0.5) is 0 Å². The SMILES string of the molecule is CCC(O)[C@@H](OC)[C@H](C)C(C)CNCCCNC(=O)c1ccc(C2NC(C)CS2)cc1. The summed E-state index contributed by atoms with van der Waals surface area (Å²) in [5.74, 6) is 1.74. The number of ether oxygens (including phenoxy) is 1. The number of methoxy groups -OCH3 is 1. The molecule has 1 fully saturated rings. The summed E-state index contributed by atoms with van der Waals surface area (Å²) in [6, 6.07) is 8.44. The summed E-state index contributed by atoms with van der Waals surface area (Å²) in [6.45, 7) is 10.8. The Morgan fingerprint density at radius 1 is 1.29 bits per heavy atom. The molecule has 1 aliphatic rings. The van der Waals surface area contributed by atoms with Crippen molar-refractivity contribution < 1.29 is 14.6 Å². The van der Waals surface area contributed by atoms with Crippen LogP contribution in [0.3, 0.4) is 0 Å². The van der Waals surface area contributed by atoms with E-state index >= 15 is 0 Å². The molecule has 4 unspecified atom stereocenters. The van der Waals surface area contributed by atoms with Gasteiger partial charge in [0.25, 0.3) is 5.91 Å². The maximum atomic E-state index is 12.4. The molecule has 0 radical (unpaired) electrons. The van der Waals surface area contributed by atoms with E-state index in [4.69, 9.17) is 4.74 Å². The Bertz CT molecular complexity index is 658. The van der Waals surface area contributed by atoms with Crippen LogP contribution in [-0.4, -0.2) is 61.8 Å². The van der Waals surface area contributed by atoms with Crippen LogP contribution in [0.25, 0.3) is 0 Å². The molecule has 1 aliphatic heterocycles. The van der Waals surface area contributed by atoms with Gasteiger partial charge in [0.15, 0.2) is 0 Å². The molecule has 7 heteroatoms. The standard InChI is InChI=1S/C24H41N3O3S/c1-6-21(28)22(30-5)18(4)16(2)14-25-12-7-13-26-23(29)19-8-10-20(11-9-19)24-27-17(3)15-31-24/h8-11,16-18,21-22,24-25,27-28H,6-7,12-15H2,1-5H3,(H,26,29)/t16?,17?,18-,21?,22+,24?/m1/s1. The number of benzene rings is 1. The lowest BCUT2D eigenvalue weighted by atomic mass is 9.87. The van der Waals surface area contributed by atoms with Crippen LogP contribution in [0, 0.1) is 11.8 Å². The van der Waals surface area contributed by atoms with Gasteiger partial charge in [-0.1, -0.05) is 32.9 Å². The number of carbonyl (C=O) groups is 1. The van der Waals surface area contributed by atoms with Crippen molar-refractivity contribution in [3.05, 3.63) is 35.4 Å². The molecule has 1 aromatic carbocycles. The van der Waals surface area contributed by atoms with E-state index in [1.807, 2.05) is 43.0 Å². The maximum Gasteiger partial charge on any atom is 0.251 e. The summed E-state index contributed by atoms with van der Waals surface area (Å²) in [5.41, 5.74) is 1.93. The van der Waals surface area contributed by atoms with Gasteiger partial charge in [0.05, 0.1) is 17.6 Å². The highest BCUT2D eigenvalue weighted by atomic mass is 32.2. The number of aliphatic hydroxyl groups excluding tert-OH is 1. The number of hydrogen-bond donors (Lipinski definition) is 4. The van der Waals surface area contributed by atoms with Gasteiger partial charge in [0, 0.05) is 31.0 Å². The van der Waals surface area contributed by atoms with E-state index in [2.05, 4.69) is 36.7 Å². The highest BCUT2D eigenvalue weighted by molar-refractivity contribution is 7.99. The molecular weight excluding hydrogens is 410 g/mol. The van der Waals surface area contributed by atoms with Gasteiger partial charge in [-0.15, -0.1) is 11.8 Å². The van der Waals surface area contributed by atoms with Gasteiger partial charge < -0.3 is 20.5 Å². The number of aliphatic hydroxyl groups is 1. The van der Waals surface area contributed by atoms with Gasteiger partial charge in [-0.3, -0.25) is 10.1 Å². The highest BCUT2D eigenvalue weighted by Gasteiger charge is 2.27. The molecule has 1 heterocycles. The molecule has 0 bridgehead atoms. The predicted octanol–water partition coefficient (Wildman–Crippen LogP) is 3.18. The van der Waals surface area contributed by atoms with Crippen molar-refractivity contribution in [2.24, 2.45) is 11.8 Å². The van der Waals surface area contributed by atoms with Crippen LogP contribution in [-0.2, 0) is 4.74 Å². The Hall–Kier alpha value is -1.12. The zero-order valence-electron chi connectivity index (χ0n) is 19.7. The molecule has 1 aromatic rings. The first-order valence-corrected chi connectivity index (χ1v) is 12.6. The quantitative estimate of drug-likeness (QED) is 0.345. The lowest BCUT2D eigenvalue weighted by Gasteiger charge is -2.31. The zero-order chi connectivity index (χ0) is 22.8. The fraction of sp³-hybridized carbons (Fsp3) is 0.708. The third kappa shape index (κ3) is 8.06. The van der Waals surface area contributed by atoms with Gasteiger partial charge in [-0.2, -0.15) is 0 Å². The molecule has 0 saturated carbocycles. The lowest BCUT2D eigenvalue weighted by Crippen LogP contribution is -2.39. The van der Waals surface area contributed by atoms with Crippen LogP contribution in [0.2, 0.25) is 0 Å². The van der Waals surface area contributed by atoms with E-state index < -0.39 is 6.10 Å². The molecule has 0 aromatic heterocycles. The average Bonchev–Trinajstić information content (AvgIpc) is 3.22. The van der Waals surface area contributed by atoms with Crippen molar-refractivity contribution >= 4 is 17.7 Å². The Morgan fingerprint density at radius 2 is 2.00 bits per heavy atom. The first kappa shape index (κ1) is 26.1. The fourth-order valence-corrected chi connectivity index (χ4v) is 5.16. The Labute approximate surface area is 192 Å². The lowest BCUT2D eigenvalue weighted by molar-refractivity contribution is -0.0546. The van der Waals surface area contributed by atoms with Crippen LogP contribution in [0.1, 0.15) is 61.8 Å². The summed E-state index contributed by atoms with van der Waals surface area (Å²) < 4.78 is 5.51. The maximum absolute atomic E-state index is 12.4. The van der Waals surface area contributed by atoms with Crippen molar-refractivity contribution in [3.8, 4) is 0 Å². The molecule has 6 atom stereocenters. The third-order valence-corrected chi connectivity index (χ3v) is 7.63. The number of nitrogens with one attached hydrogen (secondary N) is 3. The van der Waals surface area contributed by atoms with Crippen molar-refractivity contribution in [1.82, 2.24) is 16.0 Å². The number of hydrogen-bond acceptors (Lipinski definition) is 6. The molecule has 0 spiro atoms. The van der Waals surface area contributed by atoms with Crippen molar-refractivity contribution in [2.75, 3.05) is 32.5 Å². The van der Waals surface area contributed by atoms with E-state index in [1.165, 1.54) is 5.56 Å². The van der Waals surface area contributed by atoms with Gasteiger partial charge >= 0.3 is 0 Å². The van der Waals surface area contributed by atoms with E-state index in [0.717, 1.165) is 25.3 Å². The number of amides is 1. The minimum Gasteiger partial charge on any atom is -0.390 e. The summed E-state index contributed by atoms with van der Waals surface area (Å²) in [4.78, 5) is 12.4. The first-order chi connectivity index (χ1) is 14.9. The summed E-state index contributed by atoms with van der Waals surface area (Å²) in [7, 11) is 1.67. The van der Waals surface area contributed by atoms with Crippen LogP contribution < -0.4 is 16.0 Å². The summed E-state index contributed by atoms with van der Waals surface area (Å²) >= 11 is 1.91. The molecule has 6 nitrogen and oxygen atoms in total. The van der Waals surface area contributed by atoms with Crippen LogP contribution in [0.5, 0.6) is 0 Å². The van der Waals surface area contributed by atoms with Gasteiger partial charge in [-0.25, -0.2) is 0 Å². The van der Waals surface area contributed by atoms with Crippen LogP contribution >= 0.6 is 11.8 Å². The third-order valence-electron chi connectivity index (χ3n) is 6.19. The van der Waals surface area contributed by atoms with E-state index in [-0.39, 0.29) is 17.9 Å². The molecule has 1 amide bonds. The van der Waals surface area contributed by atoms with Gasteiger partial charge in [0.1, 0.15) is 0 Å². The smallest absolute Gasteiger partial charge is 0.251 e. The molecule has 2 rings (SSSR count). The summed E-state index contributed by atoms with van der Waals surface area (Å²) in [6.07, 6.45) is 1.00. The second kappa shape index (κ2) is 13.4. The molecule has 1 saturated heterocycles. The fourth-order valence-electron chi connectivity index (χ4n) is 3.91. The highest BCUT2D eigenvalue weighted by Crippen LogP contribution is 2.32. The molecule has 4 N–H and O–H groups in total.